The van der Waals surface area contributed by atoms with Crippen LogP contribution in [0.2, 0.25) is 0 Å². The van der Waals surface area contributed by atoms with Gasteiger partial charge in [0.2, 0.25) is 0 Å². The lowest BCUT2D eigenvalue weighted by Gasteiger charge is -2.09. The van der Waals surface area contributed by atoms with Crippen molar-refractivity contribution in [3.8, 4) is 5.75 Å². The summed E-state index contributed by atoms with van der Waals surface area (Å²) in [6.07, 6.45) is 1.41. The van der Waals surface area contributed by atoms with Crippen molar-refractivity contribution in [2.24, 2.45) is 7.05 Å². The normalized spacial score (nSPS) is 10.5. The van der Waals surface area contributed by atoms with Crippen LogP contribution in [0.3, 0.4) is 0 Å². The van der Waals surface area contributed by atoms with Crippen molar-refractivity contribution >= 4 is 21.9 Å². The van der Waals surface area contributed by atoms with E-state index in [1.54, 1.807) is 20.0 Å². The summed E-state index contributed by atoms with van der Waals surface area (Å²) < 4.78 is 26.2. The maximum Gasteiger partial charge on any atom is 0.341 e. The van der Waals surface area contributed by atoms with Crippen LogP contribution in [0.25, 0.3) is 0 Å². The summed E-state index contributed by atoms with van der Waals surface area (Å²) in [6, 6.07) is 4.50. The number of carbonyl (C=O) groups is 1. The Balaban J connectivity index is 2.16. The van der Waals surface area contributed by atoms with E-state index in [0.29, 0.717) is 15.7 Å². The lowest BCUT2D eigenvalue weighted by molar-refractivity contribution is 0.0523. The van der Waals surface area contributed by atoms with Crippen LogP contribution >= 0.6 is 15.9 Å². The fourth-order valence-corrected chi connectivity index (χ4v) is 2.08. The van der Waals surface area contributed by atoms with Crippen molar-refractivity contribution in [2.45, 2.75) is 13.5 Å². The van der Waals surface area contributed by atoms with Gasteiger partial charge < -0.3 is 9.47 Å². The van der Waals surface area contributed by atoms with Crippen LogP contribution in [0.4, 0.5) is 4.39 Å². The highest BCUT2D eigenvalue weighted by Crippen LogP contribution is 2.23. The average molecular weight is 357 g/mol. The first-order chi connectivity index (χ1) is 10.0. The number of aryl methyl sites for hydroxylation is 1. The highest BCUT2D eigenvalue weighted by Gasteiger charge is 2.18. The van der Waals surface area contributed by atoms with E-state index in [2.05, 4.69) is 21.0 Å². The molecule has 1 heterocycles. The van der Waals surface area contributed by atoms with E-state index in [4.69, 9.17) is 9.47 Å². The van der Waals surface area contributed by atoms with Gasteiger partial charge in [0.1, 0.15) is 12.2 Å². The van der Waals surface area contributed by atoms with Gasteiger partial charge in [0.15, 0.2) is 11.6 Å². The molecule has 0 N–H and O–H groups in total. The topological polar surface area (TPSA) is 53.3 Å². The summed E-state index contributed by atoms with van der Waals surface area (Å²) in [4.78, 5) is 11.8. The second-order valence-electron chi connectivity index (χ2n) is 4.21. The molecule has 0 saturated carbocycles. The van der Waals surface area contributed by atoms with Gasteiger partial charge in [0.05, 0.1) is 18.5 Å². The van der Waals surface area contributed by atoms with Crippen molar-refractivity contribution in [1.82, 2.24) is 9.78 Å². The van der Waals surface area contributed by atoms with Crippen LogP contribution in [0.5, 0.6) is 5.75 Å². The maximum atomic E-state index is 13.7. The zero-order valence-corrected chi connectivity index (χ0v) is 13.2. The van der Waals surface area contributed by atoms with E-state index in [9.17, 15) is 9.18 Å². The highest BCUT2D eigenvalue weighted by atomic mass is 79.9. The molecule has 5 nitrogen and oxygen atoms in total. The van der Waals surface area contributed by atoms with Crippen LogP contribution in [-0.2, 0) is 18.4 Å². The molecule has 0 fully saturated rings. The van der Waals surface area contributed by atoms with Gasteiger partial charge in [-0.1, -0.05) is 15.9 Å². The standard InChI is InChI=1S/C14H14BrFN2O3/c1-3-20-14(19)10-7-17-18(2)12(10)8-21-13-5-4-9(15)6-11(13)16/h4-7H,3,8H2,1-2H3. The van der Waals surface area contributed by atoms with Gasteiger partial charge in [-0.15, -0.1) is 0 Å². The number of halogens is 2. The van der Waals surface area contributed by atoms with E-state index in [1.807, 2.05) is 0 Å². The number of rotatable bonds is 5. The van der Waals surface area contributed by atoms with Gasteiger partial charge in [-0.3, -0.25) is 4.68 Å². The molecule has 0 aliphatic heterocycles. The number of carbonyl (C=O) groups excluding carboxylic acids is 1. The predicted octanol–water partition coefficient (Wildman–Crippen LogP) is 3.08. The summed E-state index contributed by atoms with van der Waals surface area (Å²) in [5.41, 5.74) is 0.840. The number of ether oxygens (including phenoxy) is 2. The number of esters is 1. The molecule has 1 aromatic heterocycles. The molecule has 0 aliphatic rings. The summed E-state index contributed by atoms with van der Waals surface area (Å²) in [5.74, 6) is -0.848. The quantitative estimate of drug-likeness (QED) is 0.772. The Bertz CT molecular complexity index is 658. The molecule has 7 heteroatoms. The van der Waals surface area contributed by atoms with Gasteiger partial charge in [0.25, 0.3) is 0 Å². The molecular weight excluding hydrogens is 343 g/mol. The van der Waals surface area contributed by atoms with Crippen molar-refractivity contribution in [3.63, 3.8) is 0 Å². The molecular formula is C14H14BrFN2O3. The molecule has 2 rings (SSSR count). The second kappa shape index (κ2) is 6.71. The van der Waals surface area contributed by atoms with Crippen LogP contribution in [0.1, 0.15) is 23.0 Å². The minimum absolute atomic E-state index is 0.0171. The third-order valence-corrected chi connectivity index (χ3v) is 3.31. The molecule has 0 unspecified atom stereocenters. The van der Waals surface area contributed by atoms with Gasteiger partial charge in [0, 0.05) is 11.5 Å². The van der Waals surface area contributed by atoms with E-state index >= 15 is 0 Å². The third-order valence-electron chi connectivity index (χ3n) is 2.82. The number of hydrogen-bond donors (Lipinski definition) is 0. The van der Waals surface area contributed by atoms with E-state index in [-0.39, 0.29) is 19.0 Å². The zero-order valence-electron chi connectivity index (χ0n) is 11.6. The van der Waals surface area contributed by atoms with E-state index < -0.39 is 11.8 Å². The number of hydrogen-bond acceptors (Lipinski definition) is 4. The Labute approximate surface area is 129 Å². The van der Waals surface area contributed by atoms with Gasteiger partial charge in [-0.2, -0.15) is 5.10 Å². The monoisotopic (exact) mass is 356 g/mol. The smallest absolute Gasteiger partial charge is 0.341 e. The molecule has 2 aromatic rings. The summed E-state index contributed by atoms with van der Waals surface area (Å²) in [6.45, 7) is 2.01. The molecule has 0 bridgehead atoms. The molecule has 0 atom stereocenters. The van der Waals surface area contributed by atoms with Gasteiger partial charge in [-0.25, -0.2) is 9.18 Å². The van der Waals surface area contributed by atoms with Gasteiger partial charge in [-0.05, 0) is 25.1 Å². The molecule has 0 radical (unpaired) electrons. The van der Waals surface area contributed by atoms with Crippen molar-refractivity contribution < 1.29 is 18.7 Å². The first-order valence-electron chi connectivity index (χ1n) is 6.28. The minimum atomic E-state index is -0.482. The number of benzene rings is 1. The van der Waals surface area contributed by atoms with E-state index in [1.165, 1.54) is 23.0 Å². The Morgan fingerprint density at radius 2 is 2.24 bits per heavy atom. The van der Waals surface area contributed by atoms with Crippen LogP contribution in [-0.4, -0.2) is 22.4 Å². The maximum absolute atomic E-state index is 13.7. The van der Waals surface area contributed by atoms with Crippen LogP contribution in [0, 0.1) is 5.82 Å². The highest BCUT2D eigenvalue weighted by molar-refractivity contribution is 9.10. The van der Waals surface area contributed by atoms with Crippen LogP contribution < -0.4 is 4.74 Å². The van der Waals surface area contributed by atoms with Gasteiger partial charge >= 0.3 is 5.97 Å². The molecule has 0 amide bonds. The third kappa shape index (κ3) is 3.60. The molecule has 0 saturated heterocycles. The Morgan fingerprint density at radius 1 is 1.48 bits per heavy atom. The molecule has 1 aromatic carbocycles. The fourth-order valence-electron chi connectivity index (χ4n) is 1.75. The predicted molar refractivity (Wildman–Crippen MR) is 77.6 cm³/mol. The second-order valence-corrected chi connectivity index (χ2v) is 5.13. The van der Waals surface area contributed by atoms with E-state index in [0.717, 1.165) is 0 Å². The van der Waals surface area contributed by atoms with Crippen molar-refractivity contribution in [2.75, 3.05) is 6.61 Å². The minimum Gasteiger partial charge on any atom is -0.484 e. The molecule has 0 spiro atoms. The van der Waals surface area contributed by atoms with Crippen LogP contribution in [0.15, 0.2) is 28.9 Å². The Kier molecular flexibility index (Phi) is 4.95. The number of nitrogens with zero attached hydrogens (tertiary/aromatic N) is 2. The van der Waals surface area contributed by atoms with Crippen molar-refractivity contribution in [3.05, 3.63) is 45.9 Å². The lowest BCUT2D eigenvalue weighted by atomic mass is 10.2. The molecule has 112 valence electrons. The largest absolute Gasteiger partial charge is 0.484 e. The zero-order chi connectivity index (χ0) is 15.4. The average Bonchev–Trinajstić information content (AvgIpc) is 2.79. The number of aromatic nitrogens is 2. The summed E-state index contributed by atoms with van der Waals surface area (Å²) >= 11 is 3.17. The Morgan fingerprint density at radius 3 is 2.90 bits per heavy atom. The SMILES string of the molecule is CCOC(=O)c1cnn(C)c1COc1ccc(Br)cc1F. The first-order valence-corrected chi connectivity index (χ1v) is 7.08. The lowest BCUT2D eigenvalue weighted by Crippen LogP contribution is -2.11. The molecule has 0 aliphatic carbocycles. The fraction of sp³-hybridized carbons (Fsp3) is 0.286. The summed E-state index contributed by atoms with van der Waals surface area (Å²) in [7, 11) is 1.68. The molecule has 21 heavy (non-hydrogen) atoms. The Hall–Kier alpha value is -1.89. The summed E-state index contributed by atoms with van der Waals surface area (Å²) in [5, 5.41) is 4.00. The van der Waals surface area contributed by atoms with Crippen molar-refractivity contribution in [1.29, 1.82) is 0 Å². The first kappa shape index (κ1) is 15.5.